The normalized spacial score (nSPS) is 14.1. The molecule has 0 saturated carbocycles. The van der Waals surface area contributed by atoms with Gasteiger partial charge in [-0.3, -0.25) is 4.79 Å². The molecule has 0 atom stereocenters. The van der Waals surface area contributed by atoms with E-state index in [9.17, 15) is 18.0 Å². The number of nitrogens with one attached hydrogen (secondary N) is 2. The number of hydrogen-bond acceptors (Lipinski definition) is 4. The first-order valence-electron chi connectivity index (χ1n) is 13.6. The maximum Gasteiger partial charge on any atom is 0.328 e. The first-order chi connectivity index (χ1) is 20.3. The van der Waals surface area contributed by atoms with Gasteiger partial charge in [0, 0.05) is 18.7 Å². The Morgan fingerprint density at radius 2 is 1.45 bits per heavy atom. The van der Waals surface area contributed by atoms with E-state index in [1.165, 1.54) is 12.1 Å². The molecule has 4 aromatic rings. The number of carbonyl (C=O) groups excluding carboxylic acids is 2. The molecule has 42 heavy (non-hydrogen) atoms. The number of hydrogen-bond donors (Lipinski definition) is 2. The summed E-state index contributed by atoms with van der Waals surface area (Å²) in [5.41, 5.74) is 6.17. The minimum absolute atomic E-state index is 0.0216. The Kier molecular flexibility index (Phi) is 8.64. The number of aryl methyl sites for hydroxylation is 1. The van der Waals surface area contributed by atoms with E-state index in [2.05, 4.69) is 10.0 Å². The summed E-state index contributed by atoms with van der Waals surface area (Å²) in [6.45, 7) is 2.64. The third-order valence-electron chi connectivity index (χ3n) is 6.92. The lowest BCUT2D eigenvalue weighted by atomic mass is 10.1. The van der Waals surface area contributed by atoms with Gasteiger partial charge in [-0.1, -0.05) is 103 Å². The zero-order chi connectivity index (χ0) is 29.5. The van der Waals surface area contributed by atoms with E-state index in [4.69, 9.17) is 0 Å². The van der Waals surface area contributed by atoms with Crippen LogP contribution in [-0.4, -0.2) is 31.8 Å². The molecule has 7 nitrogen and oxygen atoms in total. The number of carbonyl (C=O) groups is 2. The van der Waals surface area contributed by atoms with Crippen LogP contribution in [0.1, 0.15) is 27.8 Å². The molecule has 0 aromatic heterocycles. The summed E-state index contributed by atoms with van der Waals surface area (Å²) >= 11 is 0. The van der Waals surface area contributed by atoms with Gasteiger partial charge in [0.15, 0.2) is 0 Å². The van der Waals surface area contributed by atoms with E-state index in [-0.39, 0.29) is 17.3 Å². The van der Waals surface area contributed by atoms with Gasteiger partial charge in [0.1, 0.15) is 0 Å². The molecule has 0 fully saturated rings. The predicted molar refractivity (Wildman–Crippen MR) is 164 cm³/mol. The summed E-state index contributed by atoms with van der Waals surface area (Å²) < 4.78 is 27.5. The van der Waals surface area contributed by atoms with Crippen LogP contribution in [0.3, 0.4) is 0 Å². The molecular weight excluding hydrogens is 546 g/mol. The molecule has 8 heteroatoms. The van der Waals surface area contributed by atoms with Crippen molar-refractivity contribution >= 4 is 33.7 Å². The molecule has 4 aromatic carbocycles. The Morgan fingerprint density at radius 3 is 2.12 bits per heavy atom. The molecule has 0 radical (unpaired) electrons. The van der Waals surface area contributed by atoms with Gasteiger partial charge in [0.2, 0.25) is 0 Å². The lowest BCUT2D eigenvalue weighted by Crippen LogP contribution is -2.39. The first-order valence-corrected chi connectivity index (χ1v) is 15.1. The number of sulfonamides is 1. The van der Waals surface area contributed by atoms with E-state index < -0.39 is 16.1 Å². The van der Waals surface area contributed by atoms with Crippen molar-refractivity contribution in [1.29, 1.82) is 0 Å². The van der Waals surface area contributed by atoms with Crippen molar-refractivity contribution in [3.05, 3.63) is 149 Å². The molecule has 5 rings (SSSR count). The van der Waals surface area contributed by atoms with E-state index in [0.717, 1.165) is 33.5 Å². The van der Waals surface area contributed by atoms with Gasteiger partial charge >= 0.3 is 6.03 Å². The zero-order valence-corrected chi connectivity index (χ0v) is 24.0. The standard InChI is InChI=1S/C34H31N3O4S/c1-25-12-16-29(17-13-25)32-23-30(22-27-8-4-2-5-9-27)33(38)37(32)21-20-26-14-18-31(19-15-26)42(40,41)36-34(39)35-24-28-10-6-3-7-11-28/h2-19,22-23H,20-21,24H2,1H3,(H2,35,36,39)/b30-22+. The quantitative estimate of drug-likeness (QED) is 0.250. The zero-order valence-electron chi connectivity index (χ0n) is 23.2. The van der Waals surface area contributed by atoms with Gasteiger partial charge in [-0.25, -0.2) is 17.9 Å². The van der Waals surface area contributed by atoms with Crippen LogP contribution < -0.4 is 10.0 Å². The Hall–Kier alpha value is -4.95. The Morgan fingerprint density at radius 1 is 0.810 bits per heavy atom. The maximum atomic E-state index is 13.5. The minimum Gasteiger partial charge on any atom is -0.333 e. The van der Waals surface area contributed by atoms with Crippen LogP contribution in [0.5, 0.6) is 0 Å². The average Bonchev–Trinajstić information content (AvgIpc) is 3.30. The Labute approximate surface area is 246 Å². The molecule has 1 heterocycles. The number of amides is 3. The smallest absolute Gasteiger partial charge is 0.328 e. The summed E-state index contributed by atoms with van der Waals surface area (Å²) in [5, 5.41) is 2.55. The fraction of sp³-hybridized carbons (Fsp3) is 0.118. The summed E-state index contributed by atoms with van der Waals surface area (Å²) in [5.74, 6) is -0.0839. The minimum atomic E-state index is -4.05. The lowest BCUT2D eigenvalue weighted by Gasteiger charge is -2.21. The van der Waals surface area contributed by atoms with Crippen LogP contribution in [0, 0.1) is 6.92 Å². The predicted octanol–water partition coefficient (Wildman–Crippen LogP) is 5.69. The van der Waals surface area contributed by atoms with Gasteiger partial charge in [0.05, 0.1) is 10.6 Å². The van der Waals surface area contributed by atoms with Crippen molar-refractivity contribution < 1.29 is 18.0 Å². The molecule has 0 bridgehead atoms. The van der Waals surface area contributed by atoms with Crippen LogP contribution in [0.4, 0.5) is 4.79 Å². The molecule has 0 aliphatic carbocycles. The maximum absolute atomic E-state index is 13.5. The highest BCUT2D eigenvalue weighted by atomic mass is 32.2. The molecule has 0 saturated heterocycles. The van der Waals surface area contributed by atoms with E-state index in [0.29, 0.717) is 18.5 Å². The average molecular weight is 578 g/mol. The fourth-order valence-electron chi connectivity index (χ4n) is 4.64. The van der Waals surface area contributed by atoms with Crippen LogP contribution in [0.25, 0.3) is 11.8 Å². The van der Waals surface area contributed by atoms with Crippen molar-refractivity contribution in [2.75, 3.05) is 6.54 Å². The van der Waals surface area contributed by atoms with Crippen molar-refractivity contribution in [3.8, 4) is 0 Å². The van der Waals surface area contributed by atoms with E-state index >= 15 is 0 Å². The van der Waals surface area contributed by atoms with E-state index in [1.807, 2.05) is 104 Å². The van der Waals surface area contributed by atoms with Gasteiger partial charge in [0.25, 0.3) is 15.9 Å². The van der Waals surface area contributed by atoms with Gasteiger partial charge in [-0.2, -0.15) is 0 Å². The summed E-state index contributed by atoms with van der Waals surface area (Å²) in [4.78, 5) is 27.5. The van der Waals surface area contributed by atoms with Crippen LogP contribution in [0.15, 0.2) is 126 Å². The molecule has 0 spiro atoms. The molecular formula is C34H31N3O4S. The Balaban J connectivity index is 1.26. The van der Waals surface area contributed by atoms with Gasteiger partial charge in [-0.05, 0) is 59.9 Å². The van der Waals surface area contributed by atoms with Crippen LogP contribution in [-0.2, 0) is 27.8 Å². The second-order valence-electron chi connectivity index (χ2n) is 10.0. The highest BCUT2D eigenvalue weighted by Gasteiger charge is 2.28. The van der Waals surface area contributed by atoms with Gasteiger partial charge in [-0.15, -0.1) is 0 Å². The molecule has 2 N–H and O–H groups in total. The summed E-state index contributed by atoms with van der Waals surface area (Å²) in [6, 6.07) is 32.5. The molecule has 212 valence electrons. The number of urea groups is 1. The number of nitrogens with zero attached hydrogens (tertiary/aromatic N) is 1. The third kappa shape index (κ3) is 7.03. The first kappa shape index (κ1) is 28.6. The van der Waals surface area contributed by atoms with Crippen molar-refractivity contribution in [2.45, 2.75) is 24.8 Å². The van der Waals surface area contributed by atoms with Crippen LogP contribution >= 0.6 is 0 Å². The fourth-order valence-corrected chi connectivity index (χ4v) is 5.57. The molecule has 3 amide bonds. The van der Waals surface area contributed by atoms with Crippen molar-refractivity contribution in [1.82, 2.24) is 14.9 Å². The largest absolute Gasteiger partial charge is 0.333 e. The SMILES string of the molecule is Cc1ccc(C2=C/C(=C\c3ccccc3)C(=O)N2CCc2ccc(S(=O)(=O)NC(=O)NCc3ccccc3)cc2)cc1. The highest BCUT2D eigenvalue weighted by molar-refractivity contribution is 7.90. The summed E-state index contributed by atoms with van der Waals surface area (Å²) in [7, 11) is -4.05. The van der Waals surface area contributed by atoms with Crippen molar-refractivity contribution in [2.24, 2.45) is 0 Å². The Bertz CT molecular complexity index is 1730. The summed E-state index contributed by atoms with van der Waals surface area (Å²) in [6.07, 6.45) is 4.32. The molecule has 1 aliphatic rings. The number of benzene rings is 4. The third-order valence-corrected chi connectivity index (χ3v) is 8.27. The molecule has 0 unspecified atom stereocenters. The van der Waals surface area contributed by atoms with E-state index in [1.54, 1.807) is 17.0 Å². The second-order valence-corrected chi connectivity index (χ2v) is 11.7. The lowest BCUT2D eigenvalue weighted by molar-refractivity contribution is -0.122. The molecule has 1 aliphatic heterocycles. The van der Waals surface area contributed by atoms with Crippen LogP contribution in [0.2, 0.25) is 0 Å². The topological polar surface area (TPSA) is 95.6 Å². The van der Waals surface area contributed by atoms with Gasteiger partial charge < -0.3 is 10.2 Å². The monoisotopic (exact) mass is 577 g/mol. The highest BCUT2D eigenvalue weighted by Crippen LogP contribution is 2.31. The second kappa shape index (κ2) is 12.7. The number of rotatable bonds is 9. The van der Waals surface area contributed by atoms with Crippen molar-refractivity contribution in [3.63, 3.8) is 0 Å².